The van der Waals surface area contributed by atoms with Crippen molar-refractivity contribution in [2.75, 3.05) is 12.4 Å². The van der Waals surface area contributed by atoms with Gasteiger partial charge in [0.15, 0.2) is 0 Å². The summed E-state index contributed by atoms with van der Waals surface area (Å²) in [5.74, 6) is -0.363. The molecule has 2 rings (SSSR count). The molecule has 6 heteroatoms. The Hall–Kier alpha value is -2.08. The van der Waals surface area contributed by atoms with E-state index in [1.807, 2.05) is 20.0 Å². The Labute approximate surface area is 121 Å². The first-order chi connectivity index (χ1) is 9.51. The maximum absolute atomic E-state index is 11.2. The number of benzene rings is 1. The van der Waals surface area contributed by atoms with Crippen LogP contribution >= 0.6 is 11.3 Å². The van der Waals surface area contributed by atoms with Crippen LogP contribution in [0, 0.1) is 6.92 Å². The average molecular weight is 292 g/mol. The summed E-state index contributed by atoms with van der Waals surface area (Å²) in [5.41, 5.74) is 0.739. The maximum atomic E-state index is 11.2. The summed E-state index contributed by atoms with van der Waals surface area (Å²) in [6, 6.07) is 4.77. The fourth-order valence-electron chi connectivity index (χ4n) is 1.82. The van der Waals surface area contributed by atoms with E-state index in [1.165, 1.54) is 6.07 Å². The third-order valence-corrected chi connectivity index (χ3v) is 3.93. The minimum atomic E-state index is -0.974. The van der Waals surface area contributed by atoms with Gasteiger partial charge in [-0.2, -0.15) is 0 Å². The second kappa shape index (κ2) is 5.92. The van der Waals surface area contributed by atoms with Crippen LogP contribution in [0.5, 0.6) is 5.75 Å². The highest BCUT2D eigenvalue weighted by molar-refractivity contribution is 7.11. The molecule has 1 atom stereocenters. The van der Waals surface area contributed by atoms with Gasteiger partial charge in [0, 0.05) is 17.1 Å². The van der Waals surface area contributed by atoms with E-state index in [0.29, 0.717) is 11.4 Å². The van der Waals surface area contributed by atoms with Gasteiger partial charge in [0.1, 0.15) is 10.8 Å². The van der Waals surface area contributed by atoms with Crippen molar-refractivity contribution in [2.45, 2.75) is 19.9 Å². The van der Waals surface area contributed by atoms with Crippen LogP contribution in [0.25, 0.3) is 0 Å². The average Bonchev–Trinajstić information content (AvgIpc) is 2.85. The van der Waals surface area contributed by atoms with Gasteiger partial charge < -0.3 is 15.2 Å². The minimum Gasteiger partial charge on any atom is -0.497 e. The van der Waals surface area contributed by atoms with E-state index in [0.717, 1.165) is 9.88 Å². The zero-order valence-corrected chi connectivity index (χ0v) is 12.3. The SMILES string of the molecule is COc1ccc(C(=O)O)c(NC(C)c2ncc(C)s2)c1. The first-order valence-electron chi connectivity index (χ1n) is 6.11. The smallest absolute Gasteiger partial charge is 0.337 e. The molecule has 2 aromatic rings. The van der Waals surface area contributed by atoms with Crippen LogP contribution in [0.4, 0.5) is 5.69 Å². The molecular weight excluding hydrogens is 276 g/mol. The lowest BCUT2D eigenvalue weighted by Gasteiger charge is -2.15. The molecule has 0 saturated heterocycles. The Morgan fingerprint density at radius 1 is 1.50 bits per heavy atom. The van der Waals surface area contributed by atoms with Crippen LogP contribution in [-0.2, 0) is 0 Å². The van der Waals surface area contributed by atoms with Crippen molar-refractivity contribution < 1.29 is 14.6 Å². The van der Waals surface area contributed by atoms with E-state index in [2.05, 4.69) is 10.3 Å². The third kappa shape index (κ3) is 3.08. The molecule has 0 spiro atoms. The van der Waals surface area contributed by atoms with Crippen molar-refractivity contribution in [2.24, 2.45) is 0 Å². The van der Waals surface area contributed by atoms with E-state index in [1.54, 1.807) is 30.6 Å². The van der Waals surface area contributed by atoms with Crippen molar-refractivity contribution in [3.63, 3.8) is 0 Å². The Morgan fingerprint density at radius 3 is 2.80 bits per heavy atom. The van der Waals surface area contributed by atoms with Gasteiger partial charge in [-0.1, -0.05) is 0 Å². The Kier molecular flexibility index (Phi) is 4.24. The van der Waals surface area contributed by atoms with Crippen molar-refractivity contribution in [1.29, 1.82) is 0 Å². The number of hydrogen-bond donors (Lipinski definition) is 2. The summed E-state index contributed by atoms with van der Waals surface area (Å²) in [6.07, 6.45) is 1.81. The van der Waals surface area contributed by atoms with Gasteiger partial charge in [0.25, 0.3) is 0 Å². The van der Waals surface area contributed by atoms with Crippen LogP contribution in [0.1, 0.15) is 33.2 Å². The van der Waals surface area contributed by atoms with Crippen LogP contribution in [-0.4, -0.2) is 23.2 Å². The summed E-state index contributed by atoms with van der Waals surface area (Å²) >= 11 is 1.59. The molecule has 0 aliphatic rings. The minimum absolute atomic E-state index is 0.0705. The van der Waals surface area contributed by atoms with Crippen molar-refractivity contribution in [3.05, 3.63) is 39.8 Å². The van der Waals surface area contributed by atoms with E-state index in [-0.39, 0.29) is 11.6 Å². The Bertz CT molecular complexity index is 625. The number of carboxylic acid groups (broad SMARTS) is 1. The number of nitrogens with one attached hydrogen (secondary N) is 1. The van der Waals surface area contributed by atoms with Gasteiger partial charge in [-0.25, -0.2) is 9.78 Å². The monoisotopic (exact) mass is 292 g/mol. The van der Waals surface area contributed by atoms with Gasteiger partial charge >= 0.3 is 5.97 Å². The highest BCUT2D eigenvalue weighted by Crippen LogP contribution is 2.28. The second-order valence-electron chi connectivity index (χ2n) is 4.39. The molecular formula is C14H16N2O3S. The lowest BCUT2D eigenvalue weighted by Crippen LogP contribution is -2.10. The Balaban J connectivity index is 2.29. The molecule has 0 saturated carbocycles. The molecule has 0 fully saturated rings. The molecule has 0 aliphatic heterocycles. The molecule has 0 aliphatic carbocycles. The van der Waals surface area contributed by atoms with Crippen LogP contribution < -0.4 is 10.1 Å². The summed E-state index contributed by atoms with van der Waals surface area (Å²) in [6.45, 7) is 3.94. The van der Waals surface area contributed by atoms with Crippen molar-refractivity contribution in [1.82, 2.24) is 4.98 Å². The van der Waals surface area contributed by atoms with E-state index < -0.39 is 5.97 Å². The lowest BCUT2D eigenvalue weighted by atomic mass is 10.1. The molecule has 1 aromatic heterocycles. The van der Waals surface area contributed by atoms with Gasteiger partial charge in [-0.15, -0.1) is 11.3 Å². The molecule has 2 N–H and O–H groups in total. The van der Waals surface area contributed by atoms with Crippen molar-refractivity contribution in [3.8, 4) is 5.75 Å². The number of carboxylic acids is 1. The molecule has 1 unspecified atom stereocenters. The normalized spacial score (nSPS) is 11.9. The quantitative estimate of drug-likeness (QED) is 0.884. The predicted molar refractivity (Wildman–Crippen MR) is 78.8 cm³/mol. The third-order valence-electron chi connectivity index (χ3n) is 2.84. The number of aromatic nitrogens is 1. The van der Waals surface area contributed by atoms with Crippen LogP contribution in [0.3, 0.4) is 0 Å². The number of rotatable bonds is 5. The van der Waals surface area contributed by atoms with Gasteiger partial charge in [-0.05, 0) is 26.0 Å². The number of aromatic carboxylic acids is 1. The largest absolute Gasteiger partial charge is 0.497 e. The number of carbonyl (C=O) groups is 1. The van der Waals surface area contributed by atoms with E-state index in [4.69, 9.17) is 4.74 Å². The molecule has 5 nitrogen and oxygen atoms in total. The molecule has 20 heavy (non-hydrogen) atoms. The number of hydrogen-bond acceptors (Lipinski definition) is 5. The van der Waals surface area contributed by atoms with Crippen LogP contribution in [0.15, 0.2) is 24.4 Å². The molecule has 0 amide bonds. The Morgan fingerprint density at radius 2 is 2.25 bits per heavy atom. The molecule has 0 bridgehead atoms. The van der Waals surface area contributed by atoms with Crippen molar-refractivity contribution >= 4 is 23.0 Å². The first-order valence-corrected chi connectivity index (χ1v) is 6.93. The van der Waals surface area contributed by atoms with Crippen LogP contribution in [0.2, 0.25) is 0 Å². The first kappa shape index (κ1) is 14.3. The summed E-state index contributed by atoms with van der Waals surface area (Å²) in [5, 5.41) is 13.3. The molecule has 0 radical (unpaired) electrons. The fourth-order valence-corrected chi connectivity index (χ4v) is 2.60. The number of aryl methyl sites for hydroxylation is 1. The van der Waals surface area contributed by atoms with E-state index >= 15 is 0 Å². The molecule has 1 aromatic carbocycles. The van der Waals surface area contributed by atoms with Gasteiger partial charge in [0.2, 0.25) is 0 Å². The van der Waals surface area contributed by atoms with Gasteiger partial charge in [-0.3, -0.25) is 0 Å². The lowest BCUT2D eigenvalue weighted by molar-refractivity contribution is 0.0698. The highest BCUT2D eigenvalue weighted by atomic mass is 32.1. The molecule has 1 heterocycles. The number of nitrogens with zero attached hydrogens (tertiary/aromatic N) is 1. The fraction of sp³-hybridized carbons (Fsp3) is 0.286. The number of methoxy groups -OCH3 is 1. The number of ether oxygens (including phenoxy) is 1. The highest BCUT2D eigenvalue weighted by Gasteiger charge is 2.15. The molecule has 106 valence electrons. The van der Waals surface area contributed by atoms with Gasteiger partial charge in [0.05, 0.1) is 24.4 Å². The second-order valence-corrected chi connectivity index (χ2v) is 5.66. The summed E-state index contributed by atoms with van der Waals surface area (Å²) < 4.78 is 5.14. The zero-order chi connectivity index (χ0) is 14.7. The summed E-state index contributed by atoms with van der Waals surface area (Å²) in [7, 11) is 1.55. The zero-order valence-electron chi connectivity index (χ0n) is 11.5. The summed E-state index contributed by atoms with van der Waals surface area (Å²) in [4.78, 5) is 16.7. The number of anilines is 1. The maximum Gasteiger partial charge on any atom is 0.337 e. The predicted octanol–water partition coefficient (Wildman–Crippen LogP) is 3.33. The number of thiazole rings is 1. The van der Waals surface area contributed by atoms with E-state index in [9.17, 15) is 9.90 Å². The topological polar surface area (TPSA) is 71.5 Å². The standard InChI is InChI=1S/C14H16N2O3S/c1-8-7-15-13(20-8)9(2)16-12-6-10(19-3)4-5-11(12)14(17)18/h4-7,9,16H,1-3H3,(H,17,18).